The number of alkyl halides is 6. The minimum atomic E-state index is -5.25. The normalized spacial score (nSPS) is 11.7. The maximum atomic E-state index is 12.7. The molecule has 4 nitrogen and oxygen atoms in total. The van der Waals surface area contributed by atoms with Crippen molar-refractivity contribution in [2.75, 3.05) is 0 Å². The summed E-state index contributed by atoms with van der Waals surface area (Å²) in [7, 11) is 0. The summed E-state index contributed by atoms with van der Waals surface area (Å²) in [5, 5.41) is 8.62. The summed E-state index contributed by atoms with van der Waals surface area (Å²) in [6, 6.07) is 0.752. The third-order valence-electron chi connectivity index (χ3n) is 1.87. The fourth-order valence-corrected chi connectivity index (χ4v) is 1.51. The molecule has 10 heteroatoms. The molecule has 0 saturated carbocycles. The van der Waals surface area contributed by atoms with E-state index >= 15 is 0 Å². The average Bonchev–Trinajstić information content (AvgIpc) is 2.24. The number of carboxylic acid groups (broad SMARTS) is 1. The number of nitrogens with zero attached hydrogens (tertiary/aromatic N) is 1. The molecule has 106 valence electrons. The summed E-state index contributed by atoms with van der Waals surface area (Å²) in [6.45, 7) is 0. The molecule has 0 radical (unpaired) electrons. The Morgan fingerprint density at radius 3 is 2.42 bits per heavy atom. The second-order valence-electron chi connectivity index (χ2n) is 3.17. The molecule has 0 aliphatic carbocycles. The fourth-order valence-electron chi connectivity index (χ4n) is 1.23. The largest absolute Gasteiger partial charge is 0.574 e. The first-order valence-electron chi connectivity index (χ1n) is 4.52. The van der Waals surface area contributed by atoms with Gasteiger partial charge in [0.1, 0.15) is 0 Å². The van der Waals surface area contributed by atoms with E-state index in [4.69, 9.17) is 5.11 Å². The van der Waals surface area contributed by atoms with Gasteiger partial charge in [0.2, 0.25) is 5.88 Å². The zero-order valence-electron chi connectivity index (χ0n) is 8.84. The van der Waals surface area contributed by atoms with E-state index in [1.165, 1.54) is 0 Å². The van der Waals surface area contributed by atoms with Crippen molar-refractivity contribution in [3.8, 4) is 5.88 Å². The molecule has 0 saturated heterocycles. The maximum Gasteiger partial charge on any atom is 0.574 e. The highest BCUT2D eigenvalue weighted by Crippen LogP contribution is 2.34. The first-order valence-corrected chi connectivity index (χ1v) is 5.64. The Morgan fingerprint density at radius 1 is 1.47 bits per heavy atom. The molecule has 1 rings (SSSR count). The standard InChI is InChI=1S/C9H5BrF5NO3/c10-2-3-1-4(8(17)18)5(6(11)12)7(16-3)19-9(13,14)15/h1,6H,2H2,(H,17,18). The van der Waals surface area contributed by atoms with Gasteiger partial charge in [-0.2, -0.15) is 0 Å². The van der Waals surface area contributed by atoms with E-state index in [2.05, 4.69) is 25.7 Å². The van der Waals surface area contributed by atoms with Crippen LogP contribution in [0.15, 0.2) is 6.07 Å². The molecule has 1 aromatic rings. The van der Waals surface area contributed by atoms with Gasteiger partial charge in [-0.05, 0) is 6.07 Å². The number of carboxylic acids is 1. The van der Waals surface area contributed by atoms with Crippen LogP contribution in [-0.4, -0.2) is 22.4 Å². The highest BCUT2D eigenvalue weighted by atomic mass is 79.9. The molecule has 0 amide bonds. The molecule has 0 aliphatic heterocycles. The van der Waals surface area contributed by atoms with Crippen LogP contribution in [0.5, 0.6) is 5.88 Å². The molecule has 0 atom stereocenters. The van der Waals surface area contributed by atoms with Gasteiger partial charge < -0.3 is 9.84 Å². The number of aromatic nitrogens is 1. The molecule has 0 aromatic carbocycles. The van der Waals surface area contributed by atoms with Gasteiger partial charge in [0.25, 0.3) is 6.43 Å². The van der Waals surface area contributed by atoms with Gasteiger partial charge in [-0.3, -0.25) is 0 Å². The highest BCUT2D eigenvalue weighted by Gasteiger charge is 2.36. The molecule has 0 fully saturated rings. The molecule has 19 heavy (non-hydrogen) atoms. The van der Waals surface area contributed by atoms with Crippen LogP contribution in [0, 0.1) is 0 Å². The lowest BCUT2D eigenvalue weighted by Crippen LogP contribution is -2.21. The second kappa shape index (κ2) is 5.68. The zero-order chi connectivity index (χ0) is 14.8. The van der Waals surface area contributed by atoms with Gasteiger partial charge in [-0.1, -0.05) is 15.9 Å². The number of halogens is 6. The summed E-state index contributed by atoms with van der Waals surface area (Å²) >= 11 is 2.84. The molecule has 0 aliphatic rings. The third-order valence-corrected chi connectivity index (χ3v) is 2.45. The molecular formula is C9H5BrF5NO3. The number of ether oxygens (including phenoxy) is 1. The van der Waals surface area contributed by atoms with Crippen LogP contribution >= 0.6 is 15.9 Å². The Morgan fingerprint density at radius 2 is 2.05 bits per heavy atom. The van der Waals surface area contributed by atoms with Crippen molar-refractivity contribution in [2.24, 2.45) is 0 Å². The Kier molecular flexibility index (Phi) is 4.66. The topological polar surface area (TPSA) is 59.4 Å². The second-order valence-corrected chi connectivity index (χ2v) is 3.73. The molecule has 0 unspecified atom stereocenters. The Bertz CT molecular complexity index is 491. The zero-order valence-corrected chi connectivity index (χ0v) is 10.4. The van der Waals surface area contributed by atoms with Crippen LogP contribution in [0.25, 0.3) is 0 Å². The van der Waals surface area contributed by atoms with Gasteiger partial charge in [-0.25, -0.2) is 18.6 Å². The van der Waals surface area contributed by atoms with Gasteiger partial charge in [0.05, 0.1) is 16.8 Å². The number of hydrogen-bond donors (Lipinski definition) is 1. The van der Waals surface area contributed by atoms with E-state index in [0.29, 0.717) is 0 Å². The van der Waals surface area contributed by atoms with Crippen molar-refractivity contribution in [1.29, 1.82) is 0 Å². The van der Waals surface area contributed by atoms with Gasteiger partial charge in [0, 0.05) is 5.33 Å². The minimum Gasteiger partial charge on any atom is -0.478 e. The first-order chi connectivity index (χ1) is 8.65. The van der Waals surface area contributed by atoms with Crippen molar-refractivity contribution in [1.82, 2.24) is 4.98 Å². The molecule has 1 heterocycles. The Labute approximate surface area is 111 Å². The number of hydrogen-bond acceptors (Lipinski definition) is 3. The van der Waals surface area contributed by atoms with Crippen LogP contribution in [0.4, 0.5) is 22.0 Å². The van der Waals surface area contributed by atoms with Crippen molar-refractivity contribution >= 4 is 21.9 Å². The van der Waals surface area contributed by atoms with Crippen molar-refractivity contribution < 1.29 is 36.6 Å². The molecule has 0 bridgehead atoms. The van der Waals surface area contributed by atoms with E-state index in [0.717, 1.165) is 6.07 Å². The quantitative estimate of drug-likeness (QED) is 0.667. The lowest BCUT2D eigenvalue weighted by molar-refractivity contribution is -0.276. The summed E-state index contributed by atoms with van der Waals surface area (Å²) in [4.78, 5) is 14.0. The summed E-state index contributed by atoms with van der Waals surface area (Å²) in [6.07, 6.45) is -8.72. The Hall–Kier alpha value is -1.45. The number of aromatic carboxylic acids is 1. The lowest BCUT2D eigenvalue weighted by atomic mass is 10.1. The van der Waals surface area contributed by atoms with Crippen molar-refractivity contribution in [2.45, 2.75) is 18.1 Å². The van der Waals surface area contributed by atoms with E-state index in [9.17, 15) is 26.7 Å². The molecular weight excluding hydrogens is 345 g/mol. The summed E-state index contributed by atoms with van der Waals surface area (Å²) in [5.41, 5.74) is -2.57. The maximum absolute atomic E-state index is 12.7. The minimum absolute atomic E-state index is 0.120. The number of pyridine rings is 1. The van der Waals surface area contributed by atoms with Gasteiger partial charge in [0.15, 0.2) is 0 Å². The molecule has 1 N–H and O–H groups in total. The average molecular weight is 350 g/mol. The van der Waals surface area contributed by atoms with Crippen molar-refractivity contribution in [3.63, 3.8) is 0 Å². The van der Waals surface area contributed by atoms with Crippen LogP contribution in [0.1, 0.15) is 28.0 Å². The van der Waals surface area contributed by atoms with Crippen LogP contribution < -0.4 is 4.74 Å². The summed E-state index contributed by atoms with van der Waals surface area (Å²) in [5.74, 6) is -3.26. The SMILES string of the molecule is O=C(O)c1cc(CBr)nc(OC(F)(F)F)c1C(F)F. The van der Waals surface area contributed by atoms with Crippen LogP contribution in [0.2, 0.25) is 0 Å². The predicted molar refractivity (Wildman–Crippen MR) is 55.5 cm³/mol. The Balaban J connectivity index is 3.48. The molecule has 0 spiro atoms. The van der Waals surface area contributed by atoms with Crippen LogP contribution in [0.3, 0.4) is 0 Å². The first kappa shape index (κ1) is 15.6. The highest BCUT2D eigenvalue weighted by molar-refractivity contribution is 9.08. The van der Waals surface area contributed by atoms with Crippen LogP contribution in [-0.2, 0) is 5.33 Å². The van der Waals surface area contributed by atoms with E-state index in [1.807, 2.05) is 0 Å². The number of carbonyl (C=O) groups is 1. The fraction of sp³-hybridized carbons (Fsp3) is 0.333. The van der Waals surface area contributed by atoms with E-state index in [-0.39, 0.29) is 11.0 Å². The van der Waals surface area contributed by atoms with Gasteiger partial charge >= 0.3 is 12.3 Å². The lowest BCUT2D eigenvalue weighted by Gasteiger charge is -2.14. The summed E-state index contributed by atoms with van der Waals surface area (Å²) < 4.78 is 65.0. The smallest absolute Gasteiger partial charge is 0.478 e. The van der Waals surface area contributed by atoms with Gasteiger partial charge in [-0.15, -0.1) is 13.2 Å². The third kappa shape index (κ3) is 4.01. The predicted octanol–water partition coefficient (Wildman–Crippen LogP) is 3.51. The monoisotopic (exact) mass is 349 g/mol. The van der Waals surface area contributed by atoms with E-state index in [1.54, 1.807) is 0 Å². The number of rotatable bonds is 4. The molecule has 1 aromatic heterocycles. The van der Waals surface area contributed by atoms with E-state index < -0.39 is 35.8 Å². The van der Waals surface area contributed by atoms with Crippen molar-refractivity contribution in [3.05, 3.63) is 22.9 Å².